The molecular weight excluding hydrogens is 436 g/mol. The lowest BCUT2D eigenvalue weighted by Gasteiger charge is -2.32. The van der Waals surface area contributed by atoms with E-state index in [0.717, 1.165) is 11.8 Å². The van der Waals surface area contributed by atoms with Crippen LogP contribution in [0.15, 0.2) is 60.7 Å². The topological polar surface area (TPSA) is 6.48 Å². The minimum Gasteiger partial charge on any atom is -0.303 e. The average molecular weight is 489 g/mol. The largest absolute Gasteiger partial charge is 0.303 e. The maximum Gasteiger partial charge on any atom is -0.00161 e. The number of aryl methyl sites for hydroxylation is 2. The van der Waals surface area contributed by atoms with Gasteiger partial charge in [-0.05, 0) is 126 Å². The molecule has 2 aromatic rings. The summed E-state index contributed by atoms with van der Waals surface area (Å²) in [6.45, 7) is 8.05. The standard InChI is InChI=1S/C34H52N2/c1(9-25-35-27-21-33(22-28-35)19-11-17-31-13-5-3-6-14-31)2-10-26-36-29-23-34(24-30-36)20-12-18-32-15-7-4-8-16-32/h3-8,13-16,33-34H,1-2,9-12,17-30H2. The Morgan fingerprint density at radius 3 is 1.25 bits per heavy atom. The number of benzene rings is 2. The molecule has 0 aromatic heterocycles. The number of unbranched alkanes of at least 4 members (excludes halogenated alkanes) is 3. The normalized spacial score (nSPS) is 18.6. The summed E-state index contributed by atoms with van der Waals surface area (Å²) in [5, 5.41) is 0. The number of piperidine rings is 2. The Balaban J connectivity index is 0.939. The molecule has 0 aliphatic carbocycles. The summed E-state index contributed by atoms with van der Waals surface area (Å²) >= 11 is 0. The van der Waals surface area contributed by atoms with Gasteiger partial charge < -0.3 is 9.80 Å². The van der Waals surface area contributed by atoms with E-state index in [2.05, 4.69) is 70.5 Å². The molecule has 2 aliphatic rings. The van der Waals surface area contributed by atoms with Crippen LogP contribution in [-0.4, -0.2) is 49.1 Å². The van der Waals surface area contributed by atoms with Crippen molar-refractivity contribution in [1.82, 2.24) is 9.80 Å². The second kappa shape index (κ2) is 16.3. The molecule has 0 bridgehead atoms. The first-order valence-corrected chi connectivity index (χ1v) is 15.4. The van der Waals surface area contributed by atoms with Crippen LogP contribution in [-0.2, 0) is 12.8 Å². The van der Waals surface area contributed by atoms with E-state index in [9.17, 15) is 0 Å². The van der Waals surface area contributed by atoms with Crippen LogP contribution in [0.2, 0.25) is 0 Å². The van der Waals surface area contributed by atoms with Crippen molar-refractivity contribution in [2.24, 2.45) is 11.8 Å². The minimum atomic E-state index is 0.970. The van der Waals surface area contributed by atoms with Gasteiger partial charge in [0.2, 0.25) is 0 Å². The van der Waals surface area contributed by atoms with Crippen LogP contribution >= 0.6 is 0 Å². The highest BCUT2D eigenvalue weighted by molar-refractivity contribution is 5.15. The second-order valence-electron chi connectivity index (χ2n) is 11.7. The molecule has 0 atom stereocenters. The predicted molar refractivity (Wildman–Crippen MR) is 156 cm³/mol. The zero-order chi connectivity index (χ0) is 24.7. The molecule has 0 radical (unpaired) electrons. The molecule has 0 spiro atoms. The second-order valence-corrected chi connectivity index (χ2v) is 11.7. The van der Waals surface area contributed by atoms with Gasteiger partial charge >= 0.3 is 0 Å². The summed E-state index contributed by atoms with van der Waals surface area (Å²) in [6, 6.07) is 22.0. The first kappa shape index (κ1) is 27.4. The molecule has 2 nitrogen and oxygen atoms in total. The summed E-state index contributed by atoms with van der Waals surface area (Å²) in [5.74, 6) is 1.94. The van der Waals surface area contributed by atoms with Gasteiger partial charge in [0.05, 0.1) is 0 Å². The Morgan fingerprint density at radius 1 is 0.472 bits per heavy atom. The Hall–Kier alpha value is -1.64. The fourth-order valence-corrected chi connectivity index (χ4v) is 6.50. The van der Waals surface area contributed by atoms with Gasteiger partial charge in [0, 0.05) is 0 Å². The lowest BCUT2D eigenvalue weighted by molar-refractivity contribution is 0.169. The molecule has 36 heavy (non-hydrogen) atoms. The third-order valence-electron chi connectivity index (χ3n) is 8.95. The van der Waals surface area contributed by atoms with Gasteiger partial charge in [-0.15, -0.1) is 0 Å². The average Bonchev–Trinajstić information content (AvgIpc) is 2.93. The van der Waals surface area contributed by atoms with Crippen LogP contribution in [0.5, 0.6) is 0 Å². The molecule has 2 aromatic carbocycles. The molecule has 2 saturated heterocycles. The Kier molecular flexibility index (Phi) is 12.4. The van der Waals surface area contributed by atoms with Gasteiger partial charge in [0.1, 0.15) is 0 Å². The van der Waals surface area contributed by atoms with Crippen molar-refractivity contribution in [2.75, 3.05) is 39.3 Å². The molecule has 2 fully saturated rings. The fourth-order valence-electron chi connectivity index (χ4n) is 6.50. The van der Waals surface area contributed by atoms with Gasteiger partial charge in [-0.1, -0.05) is 86.3 Å². The summed E-state index contributed by atoms with van der Waals surface area (Å²) in [5.41, 5.74) is 3.02. The molecule has 0 amide bonds. The van der Waals surface area contributed by atoms with E-state index in [4.69, 9.17) is 0 Å². The van der Waals surface area contributed by atoms with Crippen LogP contribution in [0, 0.1) is 11.8 Å². The summed E-state index contributed by atoms with van der Waals surface area (Å²) in [4.78, 5) is 5.49. The third kappa shape index (κ3) is 10.4. The summed E-state index contributed by atoms with van der Waals surface area (Å²) in [6.07, 6.45) is 19.5. The lowest BCUT2D eigenvalue weighted by atomic mass is 9.90. The van der Waals surface area contributed by atoms with E-state index < -0.39 is 0 Å². The van der Waals surface area contributed by atoms with E-state index in [1.807, 2.05) is 0 Å². The maximum atomic E-state index is 2.75. The zero-order valence-corrected chi connectivity index (χ0v) is 23.0. The SMILES string of the molecule is c1ccc(CCCC2CCN(CCCCCCN3CCC(CCCc4ccccc4)CC3)CC2)cc1. The van der Waals surface area contributed by atoms with Crippen molar-refractivity contribution in [3.8, 4) is 0 Å². The van der Waals surface area contributed by atoms with Gasteiger partial charge in [-0.25, -0.2) is 0 Å². The third-order valence-corrected chi connectivity index (χ3v) is 8.95. The fraction of sp³-hybridized carbons (Fsp3) is 0.647. The van der Waals surface area contributed by atoms with Crippen molar-refractivity contribution in [3.63, 3.8) is 0 Å². The van der Waals surface area contributed by atoms with E-state index >= 15 is 0 Å². The Morgan fingerprint density at radius 2 is 0.861 bits per heavy atom. The molecule has 2 heterocycles. The molecule has 198 valence electrons. The first-order valence-electron chi connectivity index (χ1n) is 15.4. The highest BCUT2D eigenvalue weighted by Gasteiger charge is 2.19. The highest BCUT2D eigenvalue weighted by Crippen LogP contribution is 2.24. The van der Waals surface area contributed by atoms with E-state index in [-0.39, 0.29) is 0 Å². The van der Waals surface area contributed by atoms with Crippen molar-refractivity contribution in [2.45, 2.75) is 89.9 Å². The molecule has 4 rings (SSSR count). The van der Waals surface area contributed by atoms with E-state index in [0.29, 0.717) is 0 Å². The van der Waals surface area contributed by atoms with Crippen molar-refractivity contribution in [1.29, 1.82) is 0 Å². The maximum absolute atomic E-state index is 2.75. The van der Waals surface area contributed by atoms with E-state index in [1.165, 1.54) is 140 Å². The Bertz CT molecular complexity index is 719. The quantitative estimate of drug-likeness (QED) is 0.234. The number of rotatable bonds is 15. The van der Waals surface area contributed by atoms with Crippen LogP contribution < -0.4 is 0 Å². The monoisotopic (exact) mass is 488 g/mol. The smallest absolute Gasteiger partial charge is 0.00161 e. The molecule has 2 heteroatoms. The summed E-state index contributed by atoms with van der Waals surface area (Å²) < 4.78 is 0. The Labute approximate surface area is 222 Å². The number of likely N-dealkylation sites (tertiary alicyclic amines) is 2. The lowest BCUT2D eigenvalue weighted by Crippen LogP contribution is -2.34. The van der Waals surface area contributed by atoms with Crippen molar-refractivity contribution in [3.05, 3.63) is 71.8 Å². The van der Waals surface area contributed by atoms with Crippen molar-refractivity contribution >= 4 is 0 Å². The first-order chi connectivity index (χ1) is 17.8. The molecule has 0 unspecified atom stereocenters. The molecule has 2 aliphatic heterocycles. The number of nitrogens with zero attached hydrogens (tertiary/aromatic N) is 2. The summed E-state index contributed by atoms with van der Waals surface area (Å²) in [7, 11) is 0. The molecule has 0 saturated carbocycles. The number of hydrogen-bond donors (Lipinski definition) is 0. The molecule has 0 N–H and O–H groups in total. The highest BCUT2D eigenvalue weighted by atomic mass is 15.1. The van der Waals surface area contributed by atoms with Crippen LogP contribution in [0.4, 0.5) is 0 Å². The number of hydrogen-bond acceptors (Lipinski definition) is 2. The van der Waals surface area contributed by atoms with Gasteiger partial charge in [-0.3, -0.25) is 0 Å². The van der Waals surface area contributed by atoms with E-state index in [1.54, 1.807) is 0 Å². The van der Waals surface area contributed by atoms with Gasteiger partial charge in [0.15, 0.2) is 0 Å². The van der Waals surface area contributed by atoms with Crippen LogP contribution in [0.1, 0.15) is 88.2 Å². The van der Waals surface area contributed by atoms with Crippen LogP contribution in [0.3, 0.4) is 0 Å². The van der Waals surface area contributed by atoms with Crippen LogP contribution in [0.25, 0.3) is 0 Å². The predicted octanol–water partition coefficient (Wildman–Crippen LogP) is 8.02. The zero-order valence-electron chi connectivity index (χ0n) is 23.0. The van der Waals surface area contributed by atoms with Gasteiger partial charge in [-0.2, -0.15) is 0 Å². The molecular formula is C34H52N2. The van der Waals surface area contributed by atoms with Gasteiger partial charge in [0.25, 0.3) is 0 Å². The minimum absolute atomic E-state index is 0.970. The van der Waals surface area contributed by atoms with Crippen molar-refractivity contribution < 1.29 is 0 Å².